The number of carbonyl (C=O) groups is 2. The molecule has 0 bridgehead atoms. The molecule has 0 heterocycles. The van der Waals surface area contributed by atoms with Crippen LogP contribution < -0.4 is 0 Å². The van der Waals surface area contributed by atoms with E-state index >= 15 is 0 Å². The molecule has 3 aromatic rings. The molecule has 0 aliphatic carbocycles. The molecule has 0 atom stereocenters. The smallest absolute Gasteiger partial charge is 0.174 e. The second-order valence-corrected chi connectivity index (χ2v) is 5.53. The number of allylic oxidation sites excluding steroid dienone is 1. The Bertz CT molecular complexity index is 924. The molecule has 0 aliphatic rings. The van der Waals surface area contributed by atoms with Crippen molar-refractivity contribution in [2.75, 3.05) is 0 Å². The van der Waals surface area contributed by atoms with Crippen molar-refractivity contribution in [1.82, 2.24) is 0 Å². The van der Waals surface area contributed by atoms with Gasteiger partial charge in [-0.15, -0.1) is 0 Å². The zero-order valence-corrected chi connectivity index (χ0v) is 13.0. The Hall–Kier alpha value is -3.20. The largest absolute Gasteiger partial charge is 0.507 e. The van der Waals surface area contributed by atoms with E-state index in [2.05, 4.69) is 0 Å². The molecule has 0 unspecified atom stereocenters. The molecule has 0 saturated carbocycles. The van der Waals surface area contributed by atoms with E-state index in [1.165, 1.54) is 6.08 Å². The summed E-state index contributed by atoms with van der Waals surface area (Å²) < 4.78 is 0. The molecule has 24 heavy (non-hydrogen) atoms. The van der Waals surface area contributed by atoms with E-state index in [1.807, 2.05) is 54.6 Å². The maximum absolute atomic E-state index is 12.3. The third-order valence-corrected chi connectivity index (χ3v) is 3.76. The van der Waals surface area contributed by atoms with Crippen LogP contribution in [0.15, 0.2) is 72.8 Å². The lowest BCUT2D eigenvalue weighted by molar-refractivity contribution is -0.113. The molecule has 0 aliphatic heterocycles. The number of rotatable bonds is 5. The van der Waals surface area contributed by atoms with Crippen LogP contribution in [0.2, 0.25) is 0 Å². The Labute approximate surface area is 139 Å². The summed E-state index contributed by atoms with van der Waals surface area (Å²) >= 11 is 0. The van der Waals surface area contributed by atoms with Crippen molar-refractivity contribution in [2.24, 2.45) is 0 Å². The zero-order chi connectivity index (χ0) is 16.9. The van der Waals surface area contributed by atoms with Gasteiger partial charge in [0.25, 0.3) is 0 Å². The van der Waals surface area contributed by atoms with E-state index in [0.717, 1.165) is 16.3 Å². The minimum Gasteiger partial charge on any atom is -0.507 e. The topological polar surface area (TPSA) is 54.4 Å². The lowest BCUT2D eigenvalue weighted by atomic mass is 10.00. The van der Waals surface area contributed by atoms with Crippen molar-refractivity contribution in [2.45, 2.75) is 6.42 Å². The highest BCUT2D eigenvalue weighted by atomic mass is 16.3. The molecule has 3 aromatic carbocycles. The van der Waals surface area contributed by atoms with Crippen molar-refractivity contribution in [3.05, 3.63) is 83.9 Å². The average Bonchev–Trinajstić information content (AvgIpc) is 2.60. The summed E-state index contributed by atoms with van der Waals surface area (Å²) in [7, 11) is 0. The Morgan fingerprint density at radius 1 is 0.875 bits per heavy atom. The van der Waals surface area contributed by atoms with Gasteiger partial charge in [0.1, 0.15) is 5.75 Å². The van der Waals surface area contributed by atoms with Gasteiger partial charge in [0.05, 0.1) is 12.0 Å². The van der Waals surface area contributed by atoms with Crippen molar-refractivity contribution < 1.29 is 14.7 Å². The third kappa shape index (κ3) is 3.58. The first kappa shape index (κ1) is 15.7. The first-order valence-corrected chi connectivity index (χ1v) is 7.64. The molecular formula is C21H16O3. The highest BCUT2D eigenvalue weighted by molar-refractivity contribution is 6.14. The second-order valence-electron chi connectivity index (χ2n) is 5.53. The number of benzene rings is 3. The predicted octanol–water partition coefficient (Wildman–Crippen LogP) is 4.40. The van der Waals surface area contributed by atoms with Gasteiger partial charge in [-0.1, -0.05) is 60.7 Å². The fourth-order valence-corrected chi connectivity index (χ4v) is 2.52. The van der Waals surface area contributed by atoms with Crippen LogP contribution in [0.4, 0.5) is 0 Å². The van der Waals surface area contributed by atoms with Crippen molar-refractivity contribution >= 4 is 28.4 Å². The van der Waals surface area contributed by atoms with Crippen molar-refractivity contribution in [3.8, 4) is 5.75 Å². The maximum atomic E-state index is 12.3. The van der Waals surface area contributed by atoms with Crippen LogP contribution in [0.3, 0.4) is 0 Å². The molecule has 0 fully saturated rings. The number of fused-ring (bicyclic) bond motifs is 1. The predicted molar refractivity (Wildman–Crippen MR) is 95.0 cm³/mol. The van der Waals surface area contributed by atoms with Crippen LogP contribution in [-0.4, -0.2) is 16.7 Å². The second kappa shape index (κ2) is 6.92. The zero-order valence-electron chi connectivity index (χ0n) is 13.0. The lowest BCUT2D eigenvalue weighted by Gasteiger charge is -2.05. The summed E-state index contributed by atoms with van der Waals surface area (Å²) in [4.78, 5) is 24.3. The van der Waals surface area contributed by atoms with E-state index in [9.17, 15) is 14.7 Å². The highest BCUT2D eigenvalue weighted by Gasteiger charge is 2.15. The summed E-state index contributed by atoms with van der Waals surface area (Å²) in [5, 5.41) is 11.8. The van der Waals surface area contributed by atoms with Crippen LogP contribution in [0.25, 0.3) is 16.8 Å². The lowest BCUT2D eigenvalue weighted by Crippen LogP contribution is -2.06. The first-order valence-electron chi connectivity index (χ1n) is 7.64. The fourth-order valence-electron chi connectivity index (χ4n) is 2.52. The standard InChI is InChI=1S/C21H16O3/c22-18(11-10-15-6-2-1-3-7-15)14-21(24)19-12-16-8-4-5-9-17(16)13-20(19)23/h1-13,23H,14H2. The van der Waals surface area contributed by atoms with Gasteiger partial charge in [0.2, 0.25) is 0 Å². The van der Waals surface area contributed by atoms with Gasteiger partial charge < -0.3 is 5.11 Å². The van der Waals surface area contributed by atoms with E-state index in [1.54, 1.807) is 18.2 Å². The van der Waals surface area contributed by atoms with Gasteiger partial charge in [-0.3, -0.25) is 9.59 Å². The molecule has 3 nitrogen and oxygen atoms in total. The molecule has 118 valence electrons. The fraction of sp³-hybridized carbons (Fsp3) is 0.0476. The van der Waals surface area contributed by atoms with Gasteiger partial charge in [-0.05, 0) is 34.5 Å². The highest BCUT2D eigenvalue weighted by Crippen LogP contribution is 2.26. The Balaban J connectivity index is 1.76. The summed E-state index contributed by atoms with van der Waals surface area (Å²) in [6, 6.07) is 20.0. The molecule has 3 heteroatoms. The minimum atomic E-state index is -0.388. The number of Topliss-reactive ketones (excluding diaryl/α,β-unsaturated/α-hetero) is 1. The molecular weight excluding hydrogens is 300 g/mol. The molecule has 0 aromatic heterocycles. The van der Waals surface area contributed by atoms with Crippen LogP contribution in [0.5, 0.6) is 5.75 Å². The number of phenols is 1. The van der Waals surface area contributed by atoms with Gasteiger partial charge in [0, 0.05) is 0 Å². The molecule has 3 rings (SSSR count). The monoisotopic (exact) mass is 316 g/mol. The van der Waals surface area contributed by atoms with Crippen LogP contribution in [0, 0.1) is 0 Å². The number of carbonyl (C=O) groups excluding carboxylic acids is 2. The number of aromatic hydroxyl groups is 1. The Morgan fingerprint density at radius 3 is 2.21 bits per heavy atom. The summed E-state index contributed by atoms with van der Waals surface area (Å²) in [6.07, 6.45) is 2.80. The average molecular weight is 316 g/mol. The number of ketones is 2. The van der Waals surface area contributed by atoms with Crippen molar-refractivity contribution in [1.29, 1.82) is 0 Å². The quantitative estimate of drug-likeness (QED) is 0.431. The van der Waals surface area contributed by atoms with Crippen molar-refractivity contribution in [3.63, 3.8) is 0 Å². The van der Waals surface area contributed by atoms with Gasteiger partial charge in [0.15, 0.2) is 11.6 Å². The third-order valence-electron chi connectivity index (χ3n) is 3.76. The van der Waals surface area contributed by atoms with Gasteiger partial charge in [-0.2, -0.15) is 0 Å². The van der Waals surface area contributed by atoms with Crippen LogP contribution >= 0.6 is 0 Å². The normalized spacial score (nSPS) is 11.0. The molecule has 1 N–H and O–H groups in total. The Morgan fingerprint density at radius 2 is 1.50 bits per heavy atom. The molecule has 0 amide bonds. The van der Waals surface area contributed by atoms with Gasteiger partial charge >= 0.3 is 0 Å². The summed E-state index contributed by atoms with van der Waals surface area (Å²) in [5.41, 5.74) is 1.07. The summed E-state index contributed by atoms with van der Waals surface area (Å²) in [5.74, 6) is -0.782. The summed E-state index contributed by atoms with van der Waals surface area (Å²) in [6.45, 7) is 0. The number of hydrogen-bond donors (Lipinski definition) is 1. The first-order chi connectivity index (χ1) is 11.6. The molecule has 0 spiro atoms. The minimum absolute atomic E-state index is 0.0986. The van der Waals surface area contributed by atoms with Gasteiger partial charge in [-0.25, -0.2) is 0 Å². The maximum Gasteiger partial charge on any atom is 0.174 e. The van der Waals surface area contributed by atoms with E-state index in [0.29, 0.717) is 0 Å². The van der Waals surface area contributed by atoms with Crippen LogP contribution in [0.1, 0.15) is 22.3 Å². The number of hydrogen-bond acceptors (Lipinski definition) is 3. The SMILES string of the molecule is O=C(C=Cc1ccccc1)CC(=O)c1cc2ccccc2cc1O. The number of phenolic OH excluding ortho intramolecular Hbond substituents is 1. The Kier molecular flexibility index (Phi) is 4.52. The molecule has 0 radical (unpaired) electrons. The molecule has 0 saturated heterocycles. The van der Waals surface area contributed by atoms with E-state index < -0.39 is 0 Å². The van der Waals surface area contributed by atoms with E-state index in [4.69, 9.17) is 0 Å². The van der Waals surface area contributed by atoms with E-state index in [-0.39, 0.29) is 29.3 Å². The van der Waals surface area contributed by atoms with Crippen LogP contribution in [-0.2, 0) is 4.79 Å².